The van der Waals surface area contributed by atoms with Gasteiger partial charge in [-0.3, -0.25) is 0 Å². The lowest BCUT2D eigenvalue weighted by molar-refractivity contribution is 0.445. The maximum absolute atomic E-state index is 4.12. The van der Waals surface area contributed by atoms with Crippen molar-refractivity contribution in [2.75, 3.05) is 20.6 Å². The van der Waals surface area contributed by atoms with Crippen molar-refractivity contribution in [2.24, 2.45) is 11.8 Å². The fourth-order valence-electron chi connectivity index (χ4n) is 1.93. The summed E-state index contributed by atoms with van der Waals surface area (Å²) in [7, 11) is 4.17. The van der Waals surface area contributed by atoms with E-state index in [2.05, 4.69) is 70.4 Å². The lowest BCUT2D eigenvalue weighted by atomic mass is 9.90. The van der Waals surface area contributed by atoms with Gasteiger partial charge in [-0.05, 0) is 57.1 Å². The highest BCUT2D eigenvalue weighted by Crippen LogP contribution is 2.22. The van der Waals surface area contributed by atoms with E-state index in [1.807, 2.05) is 6.20 Å². The smallest absolute Gasteiger partial charge is 0.0225 e. The van der Waals surface area contributed by atoms with Crippen molar-refractivity contribution >= 4 is 0 Å². The average molecular weight is 262 g/mol. The Morgan fingerprint density at radius 1 is 1.32 bits per heavy atom. The normalized spacial score (nSPS) is 14.2. The van der Waals surface area contributed by atoms with Crippen LogP contribution < -0.4 is 5.32 Å². The summed E-state index contributed by atoms with van der Waals surface area (Å²) in [5.74, 6) is 1.12. The van der Waals surface area contributed by atoms with Crippen LogP contribution in [0.15, 0.2) is 48.9 Å². The Kier molecular flexibility index (Phi) is 8.98. The van der Waals surface area contributed by atoms with E-state index in [1.165, 1.54) is 11.1 Å². The Hall–Kier alpha value is -1.28. The predicted octanol–water partition coefficient (Wildman–Crippen LogP) is 3.96. The van der Waals surface area contributed by atoms with Crippen LogP contribution in [0.25, 0.3) is 0 Å². The lowest BCUT2D eigenvalue weighted by Gasteiger charge is -2.18. The molecule has 0 amide bonds. The molecule has 0 aromatic rings. The topological polar surface area (TPSA) is 15.3 Å². The Balaban J connectivity index is 4.99. The first kappa shape index (κ1) is 17.7. The molecule has 108 valence electrons. The van der Waals surface area contributed by atoms with Crippen LogP contribution in [0.1, 0.15) is 27.2 Å². The minimum absolute atomic E-state index is 0.448. The summed E-state index contributed by atoms with van der Waals surface area (Å²) in [6, 6.07) is 0. The number of nitrogens with zero attached hydrogens (tertiary/aromatic N) is 1. The number of nitrogens with one attached hydrogen (secondary N) is 1. The second-order valence-electron chi connectivity index (χ2n) is 5.77. The van der Waals surface area contributed by atoms with Gasteiger partial charge in [-0.15, -0.1) is 0 Å². The van der Waals surface area contributed by atoms with Crippen molar-refractivity contribution in [3.8, 4) is 0 Å². The Bertz CT molecular complexity index is 335. The third-order valence-corrected chi connectivity index (χ3v) is 2.78. The molecule has 19 heavy (non-hydrogen) atoms. The van der Waals surface area contributed by atoms with Gasteiger partial charge >= 0.3 is 0 Å². The Morgan fingerprint density at radius 3 is 2.37 bits per heavy atom. The first-order chi connectivity index (χ1) is 8.86. The summed E-state index contributed by atoms with van der Waals surface area (Å²) in [4.78, 5) is 2.18. The van der Waals surface area contributed by atoms with Crippen LogP contribution in [0.3, 0.4) is 0 Å². The fourth-order valence-corrected chi connectivity index (χ4v) is 1.93. The first-order valence-electron chi connectivity index (χ1n) is 6.91. The number of rotatable bonds is 9. The molecule has 0 radical (unpaired) electrons. The molecule has 2 nitrogen and oxygen atoms in total. The zero-order chi connectivity index (χ0) is 14.8. The standard InChI is InChI=1S/C17H30N2/c1-8-18-10-9-16(13-19(6)7)12-17(15(4)5)11-14(2)3/h8-10,12,14,17-18H,1,4,11,13H2,2-3,5-7H3/b10-9-,16-12+. The van der Waals surface area contributed by atoms with Crippen LogP contribution >= 0.6 is 0 Å². The highest BCUT2D eigenvalue weighted by atomic mass is 15.0. The number of hydrogen-bond donors (Lipinski definition) is 1. The van der Waals surface area contributed by atoms with Crippen molar-refractivity contribution < 1.29 is 0 Å². The van der Waals surface area contributed by atoms with Gasteiger partial charge in [-0.25, -0.2) is 0 Å². The molecule has 1 unspecified atom stereocenters. The highest BCUT2D eigenvalue weighted by molar-refractivity contribution is 5.24. The second kappa shape index (κ2) is 9.62. The highest BCUT2D eigenvalue weighted by Gasteiger charge is 2.10. The molecule has 0 aliphatic heterocycles. The molecule has 0 bridgehead atoms. The van der Waals surface area contributed by atoms with Crippen molar-refractivity contribution in [3.63, 3.8) is 0 Å². The van der Waals surface area contributed by atoms with Crippen molar-refractivity contribution in [3.05, 3.63) is 48.9 Å². The molecule has 0 aliphatic carbocycles. The number of allylic oxidation sites excluding steroid dienone is 2. The largest absolute Gasteiger partial charge is 0.368 e. The maximum Gasteiger partial charge on any atom is 0.0225 e. The SMILES string of the molecule is C=CN/C=C\C(=C/C(CC(C)C)C(=C)C)CN(C)C. The summed E-state index contributed by atoms with van der Waals surface area (Å²) in [5, 5.41) is 3.00. The third kappa shape index (κ3) is 9.32. The molecule has 0 aliphatic rings. The van der Waals surface area contributed by atoms with Gasteiger partial charge in [0.15, 0.2) is 0 Å². The predicted molar refractivity (Wildman–Crippen MR) is 86.9 cm³/mol. The van der Waals surface area contributed by atoms with Gasteiger partial charge in [0.05, 0.1) is 0 Å². The van der Waals surface area contributed by atoms with Gasteiger partial charge < -0.3 is 10.2 Å². The van der Waals surface area contributed by atoms with Crippen molar-refractivity contribution in [2.45, 2.75) is 27.2 Å². The summed E-state index contributed by atoms with van der Waals surface area (Å²) in [5.41, 5.74) is 2.53. The van der Waals surface area contributed by atoms with Crippen LogP contribution in [0.2, 0.25) is 0 Å². The minimum Gasteiger partial charge on any atom is -0.368 e. The van der Waals surface area contributed by atoms with Gasteiger partial charge in [0.1, 0.15) is 0 Å². The molecular formula is C17H30N2. The molecule has 0 aromatic carbocycles. The van der Waals surface area contributed by atoms with E-state index in [0.29, 0.717) is 11.8 Å². The van der Waals surface area contributed by atoms with Gasteiger partial charge in [0, 0.05) is 12.7 Å². The second-order valence-corrected chi connectivity index (χ2v) is 5.77. The van der Waals surface area contributed by atoms with Crippen molar-refractivity contribution in [1.29, 1.82) is 0 Å². The first-order valence-corrected chi connectivity index (χ1v) is 6.91. The molecule has 0 rings (SSSR count). The Labute approximate surface area is 119 Å². The third-order valence-electron chi connectivity index (χ3n) is 2.78. The molecule has 0 fully saturated rings. The average Bonchev–Trinajstić information content (AvgIpc) is 2.26. The molecular weight excluding hydrogens is 232 g/mol. The van der Waals surface area contributed by atoms with E-state index in [0.717, 1.165) is 13.0 Å². The quantitative estimate of drug-likeness (QED) is 0.500. The number of hydrogen-bond acceptors (Lipinski definition) is 2. The van der Waals surface area contributed by atoms with Gasteiger partial charge in [-0.2, -0.15) is 0 Å². The van der Waals surface area contributed by atoms with E-state index in [4.69, 9.17) is 0 Å². The van der Waals surface area contributed by atoms with Crippen LogP contribution in [0, 0.1) is 11.8 Å². The van der Waals surface area contributed by atoms with Crippen LogP contribution in [0.4, 0.5) is 0 Å². The summed E-state index contributed by atoms with van der Waals surface area (Å²) in [6.07, 6.45) is 9.19. The molecule has 0 saturated heterocycles. The van der Waals surface area contributed by atoms with Crippen LogP contribution in [-0.2, 0) is 0 Å². The molecule has 0 spiro atoms. The van der Waals surface area contributed by atoms with Crippen LogP contribution in [-0.4, -0.2) is 25.5 Å². The zero-order valence-corrected chi connectivity index (χ0v) is 13.2. The minimum atomic E-state index is 0.448. The monoisotopic (exact) mass is 262 g/mol. The molecule has 1 atom stereocenters. The lowest BCUT2D eigenvalue weighted by Crippen LogP contribution is -2.16. The Morgan fingerprint density at radius 2 is 1.95 bits per heavy atom. The van der Waals surface area contributed by atoms with E-state index in [9.17, 15) is 0 Å². The summed E-state index contributed by atoms with van der Waals surface area (Å²) < 4.78 is 0. The van der Waals surface area contributed by atoms with Crippen LogP contribution in [0.5, 0.6) is 0 Å². The molecule has 1 N–H and O–H groups in total. The molecule has 0 heterocycles. The molecule has 0 aromatic heterocycles. The molecule has 2 heteroatoms. The van der Waals surface area contributed by atoms with E-state index in [-0.39, 0.29) is 0 Å². The van der Waals surface area contributed by atoms with Gasteiger partial charge in [0.25, 0.3) is 0 Å². The summed E-state index contributed by atoms with van der Waals surface area (Å²) >= 11 is 0. The van der Waals surface area contributed by atoms with Crippen molar-refractivity contribution in [1.82, 2.24) is 10.2 Å². The molecule has 0 saturated carbocycles. The fraction of sp³-hybridized carbons (Fsp3) is 0.529. The summed E-state index contributed by atoms with van der Waals surface area (Å²) in [6.45, 7) is 15.3. The van der Waals surface area contributed by atoms with Gasteiger partial charge in [0.2, 0.25) is 0 Å². The van der Waals surface area contributed by atoms with E-state index < -0.39 is 0 Å². The maximum atomic E-state index is 4.12. The van der Waals surface area contributed by atoms with E-state index >= 15 is 0 Å². The zero-order valence-electron chi connectivity index (χ0n) is 13.2. The van der Waals surface area contributed by atoms with Gasteiger partial charge in [-0.1, -0.05) is 38.7 Å². The van der Waals surface area contributed by atoms with E-state index in [1.54, 1.807) is 6.20 Å². The number of likely N-dealkylation sites (N-methyl/N-ethyl adjacent to an activating group) is 1.